The Morgan fingerprint density at radius 2 is 1.65 bits per heavy atom. The zero-order chi connectivity index (χ0) is 13.3. The van der Waals surface area contributed by atoms with Crippen molar-refractivity contribution in [1.82, 2.24) is 0 Å². The molecule has 0 unspecified atom stereocenters. The van der Waals surface area contributed by atoms with E-state index in [1.54, 1.807) is 6.08 Å². The van der Waals surface area contributed by atoms with Crippen molar-refractivity contribution in [2.24, 2.45) is 0 Å². The Labute approximate surface area is 118 Å². The van der Waals surface area contributed by atoms with Crippen LogP contribution in [0.1, 0.15) is 51.9 Å². The molecule has 17 heavy (non-hydrogen) atoms. The molecule has 6 heteroatoms. The van der Waals surface area contributed by atoms with Crippen LogP contribution in [0.25, 0.3) is 0 Å². The number of hydrogen-bond acceptors (Lipinski definition) is 1. The summed E-state index contributed by atoms with van der Waals surface area (Å²) in [6.45, 7) is 2.17. The zero-order valence-electron chi connectivity index (χ0n) is 10.0. The molecule has 0 aromatic carbocycles. The topological polar surface area (TPSA) is 37.3 Å². The summed E-state index contributed by atoms with van der Waals surface area (Å²) in [5, 5.41) is 8.88. The van der Waals surface area contributed by atoms with Crippen molar-refractivity contribution in [2.75, 3.05) is 0 Å². The molecule has 2 nitrogen and oxygen atoms in total. The van der Waals surface area contributed by atoms with Crippen LogP contribution in [0.15, 0.2) is 11.3 Å². The summed E-state index contributed by atoms with van der Waals surface area (Å²) in [5.41, 5.74) is 0. The van der Waals surface area contributed by atoms with Crippen LogP contribution < -0.4 is 0 Å². The van der Waals surface area contributed by atoms with E-state index < -0.39 is 12.0 Å². The highest BCUT2D eigenvalue weighted by atomic mass is 35.8. The molecule has 0 aliphatic rings. The fourth-order valence-corrected chi connectivity index (χ4v) is 3.54. The van der Waals surface area contributed by atoms with Gasteiger partial charge in [-0.15, -0.1) is 33.2 Å². The molecule has 100 valence electrons. The van der Waals surface area contributed by atoms with E-state index in [2.05, 4.69) is 6.92 Å². The largest absolute Gasteiger partial charge is 0.478 e. The molecule has 0 heterocycles. The minimum atomic E-state index is -3.25. The molecule has 0 aliphatic carbocycles. The van der Waals surface area contributed by atoms with Crippen LogP contribution in [0.3, 0.4) is 0 Å². The second-order valence-electron chi connectivity index (χ2n) is 3.98. The summed E-state index contributed by atoms with van der Waals surface area (Å²) in [7, 11) is 0. The van der Waals surface area contributed by atoms with Gasteiger partial charge in [0.05, 0.1) is 5.20 Å². The van der Waals surface area contributed by atoms with Crippen molar-refractivity contribution < 1.29 is 9.90 Å². The zero-order valence-corrected chi connectivity index (χ0v) is 13.3. The molecule has 0 fully saturated rings. The predicted molar refractivity (Wildman–Crippen MR) is 77.0 cm³/mol. The smallest absolute Gasteiger partial charge is 0.379 e. The van der Waals surface area contributed by atoms with E-state index in [0.29, 0.717) is 6.42 Å². The third-order valence-corrected chi connectivity index (χ3v) is 5.30. The van der Waals surface area contributed by atoms with E-state index in [0.717, 1.165) is 12.8 Å². The van der Waals surface area contributed by atoms with Gasteiger partial charge in [0.15, 0.2) is 0 Å². The van der Waals surface area contributed by atoms with Crippen LogP contribution in [-0.2, 0) is 4.79 Å². The maximum absolute atomic E-state index is 10.9. The highest BCUT2D eigenvalue weighted by Crippen LogP contribution is 2.29. The number of hydrogen-bond donors (Lipinski definition) is 1. The number of rotatable bonds is 9. The number of unbranched alkanes of at least 4 members (excludes halogenated alkanes) is 6. The highest BCUT2D eigenvalue weighted by molar-refractivity contribution is 7.68. The third-order valence-electron chi connectivity index (χ3n) is 2.44. The minimum absolute atomic E-state index is 0.0175. The Hall–Kier alpha value is 0.297. The molecule has 1 N–H and O–H groups in total. The lowest BCUT2D eigenvalue weighted by molar-refractivity contribution is -0.131. The fourth-order valence-electron chi connectivity index (χ4n) is 1.50. The summed E-state index contributed by atoms with van der Waals surface area (Å²) in [6, 6.07) is -3.25. The Balaban J connectivity index is 3.91. The maximum Gasteiger partial charge on any atom is 0.379 e. The van der Waals surface area contributed by atoms with Gasteiger partial charge in [-0.2, -0.15) is 0 Å². The molecule has 0 spiro atoms. The third kappa shape index (κ3) is 8.95. The second-order valence-corrected chi connectivity index (χ2v) is 12.4. The lowest BCUT2D eigenvalue weighted by Crippen LogP contribution is -2.21. The Morgan fingerprint density at radius 1 is 1.12 bits per heavy atom. The fraction of sp³-hybridized carbons (Fsp3) is 0.727. The standard InChI is InChI=1S/C11H19Cl3O2Si/c1-2-3-4-5-6-7-8-9-10(11(15)16)17(12,13)14/h9H,2-8H2,1H3,(H,15,16). The lowest BCUT2D eigenvalue weighted by atomic mass is 10.1. The Kier molecular flexibility index (Phi) is 9.42. The number of aliphatic carboxylic acids is 1. The summed E-state index contributed by atoms with van der Waals surface area (Å²) < 4.78 is 0. The van der Waals surface area contributed by atoms with Gasteiger partial charge in [-0.1, -0.05) is 45.1 Å². The number of carbonyl (C=O) groups is 1. The first kappa shape index (κ1) is 17.3. The predicted octanol–water partition coefficient (Wildman–Crippen LogP) is 4.94. The molecular weight excluding hydrogens is 299 g/mol. The SMILES string of the molecule is CCCCCCCCC=C(C(=O)O)[Si](Cl)(Cl)Cl. The monoisotopic (exact) mass is 316 g/mol. The van der Waals surface area contributed by atoms with Crippen LogP contribution >= 0.6 is 33.2 Å². The summed E-state index contributed by atoms with van der Waals surface area (Å²) in [6.07, 6.45) is 9.22. The van der Waals surface area contributed by atoms with Crippen LogP contribution in [0.4, 0.5) is 0 Å². The normalized spacial score (nSPS) is 12.8. The van der Waals surface area contributed by atoms with Crippen LogP contribution in [-0.4, -0.2) is 17.1 Å². The molecule has 0 aromatic heterocycles. The molecule has 0 radical (unpaired) electrons. The Morgan fingerprint density at radius 3 is 2.12 bits per heavy atom. The summed E-state index contributed by atoms with van der Waals surface area (Å²) >= 11 is 17.1. The van der Waals surface area contributed by atoms with Crippen molar-refractivity contribution in [3.05, 3.63) is 11.3 Å². The average Bonchev–Trinajstić information content (AvgIpc) is 2.19. The number of halogens is 3. The van der Waals surface area contributed by atoms with Gasteiger partial charge in [-0.3, -0.25) is 0 Å². The highest BCUT2D eigenvalue weighted by Gasteiger charge is 2.35. The molecule has 0 saturated heterocycles. The number of carboxylic acid groups (broad SMARTS) is 1. The van der Waals surface area contributed by atoms with E-state index in [-0.39, 0.29) is 5.20 Å². The molecule has 0 atom stereocenters. The van der Waals surface area contributed by atoms with Gasteiger partial charge in [0.25, 0.3) is 0 Å². The lowest BCUT2D eigenvalue weighted by Gasteiger charge is -2.08. The summed E-state index contributed by atoms with van der Waals surface area (Å²) in [4.78, 5) is 10.9. The van der Waals surface area contributed by atoms with Crippen molar-refractivity contribution in [2.45, 2.75) is 51.9 Å². The molecule has 0 saturated carbocycles. The summed E-state index contributed by atoms with van der Waals surface area (Å²) in [5.74, 6) is -1.11. The quantitative estimate of drug-likeness (QED) is 0.283. The van der Waals surface area contributed by atoms with Crippen molar-refractivity contribution in [1.29, 1.82) is 0 Å². The van der Waals surface area contributed by atoms with Gasteiger partial charge < -0.3 is 5.11 Å². The Bertz CT molecular complexity index is 262. The van der Waals surface area contributed by atoms with E-state index in [1.807, 2.05) is 0 Å². The molecule has 0 aromatic rings. The van der Waals surface area contributed by atoms with Gasteiger partial charge in [0, 0.05) is 0 Å². The average molecular weight is 318 g/mol. The van der Waals surface area contributed by atoms with Crippen LogP contribution in [0.5, 0.6) is 0 Å². The maximum atomic E-state index is 10.9. The number of allylic oxidation sites excluding steroid dienone is 1. The molecule has 0 aliphatic heterocycles. The van der Waals surface area contributed by atoms with E-state index in [1.165, 1.54) is 25.7 Å². The van der Waals surface area contributed by atoms with Gasteiger partial charge in [0.1, 0.15) is 0 Å². The molecule has 0 amide bonds. The van der Waals surface area contributed by atoms with Gasteiger partial charge >= 0.3 is 12.0 Å². The minimum Gasteiger partial charge on any atom is -0.478 e. The van der Waals surface area contributed by atoms with E-state index in [9.17, 15) is 4.79 Å². The van der Waals surface area contributed by atoms with Crippen molar-refractivity contribution >= 4 is 45.2 Å². The second kappa shape index (κ2) is 9.26. The van der Waals surface area contributed by atoms with E-state index in [4.69, 9.17) is 38.3 Å². The van der Waals surface area contributed by atoms with Gasteiger partial charge in [-0.25, -0.2) is 4.79 Å². The molecular formula is C11H19Cl3O2Si. The number of carboxylic acids is 1. The first-order valence-electron chi connectivity index (χ1n) is 5.90. The van der Waals surface area contributed by atoms with Gasteiger partial charge in [0.2, 0.25) is 0 Å². The molecule has 0 bridgehead atoms. The molecule has 0 rings (SSSR count). The van der Waals surface area contributed by atoms with E-state index >= 15 is 0 Å². The van der Waals surface area contributed by atoms with Gasteiger partial charge in [-0.05, 0) is 12.8 Å². The van der Waals surface area contributed by atoms with Crippen molar-refractivity contribution in [3.8, 4) is 0 Å². The first-order valence-corrected chi connectivity index (χ1v) is 10.9. The first-order chi connectivity index (χ1) is 7.89. The van der Waals surface area contributed by atoms with Crippen LogP contribution in [0.2, 0.25) is 0 Å². The van der Waals surface area contributed by atoms with Crippen molar-refractivity contribution in [3.63, 3.8) is 0 Å². The van der Waals surface area contributed by atoms with Crippen LogP contribution in [0, 0.1) is 0 Å².